The van der Waals surface area contributed by atoms with Gasteiger partial charge in [-0.15, -0.1) is 0 Å². The lowest BCUT2D eigenvalue weighted by molar-refractivity contribution is -0.138. The first-order valence-corrected chi connectivity index (χ1v) is 24.4. The average Bonchev–Trinajstić information content (AvgIpc) is 3.89. The van der Waals surface area contributed by atoms with Gasteiger partial charge in [0.15, 0.2) is 17.5 Å². The van der Waals surface area contributed by atoms with Gasteiger partial charge in [0.2, 0.25) is 5.88 Å². The Morgan fingerprint density at radius 3 is 2.09 bits per heavy atom. The van der Waals surface area contributed by atoms with E-state index in [0.717, 1.165) is 18.9 Å². The van der Waals surface area contributed by atoms with E-state index in [1.54, 1.807) is 61.8 Å². The highest BCUT2D eigenvalue weighted by Crippen LogP contribution is 2.47. The molecule has 1 N–H and O–H groups in total. The molecule has 10 rings (SSSR count). The molecule has 3 aromatic carbocycles. The third-order valence-electron chi connectivity index (χ3n) is 14.3. The highest BCUT2D eigenvalue weighted by molar-refractivity contribution is 5.97. The number of halogens is 6. The van der Waals surface area contributed by atoms with E-state index in [1.165, 1.54) is 25.4 Å². The Balaban J connectivity index is 1.12. The van der Waals surface area contributed by atoms with Gasteiger partial charge in [0, 0.05) is 49.9 Å². The summed E-state index contributed by atoms with van der Waals surface area (Å²) in [5.41, 5.74) is -2.55. The molecule has 2 saturated heterocycles. The summed E-state index contributed by atoms with van der Waals surface area (Å²) in [6.45, 7) is 4.03. The zero-order chi connectivity index (χ0) is 52.6. The Hall–Kier alpha value is -7.68. The van der Waals surface area contributed by atoms with Gasteiger partial charge >= 0.3 is 12.2 Å². The van der Waals surface area contributed by atoms with Crippen LogP contribution in [0.1, 0.15) is 65.6 Å². The number of benzene rings is 3. The number of rotatable bonds is 17. The molecule has 15 nitrogen and oxygen atoms in total. The maximum Gasteiger partial charge on any atom is 0.418 e. The van der Waals surface area contributed by atoms with Gasteiger partial charge in [-0.25, -0.2) is 33.1 Å². The van der Waals surface area contributed by atoms with Crippen LogP contribution in [0.5, 0.6) is 29.1 Å². The molecule has 7 aromatic rings. The lowest BCUT2D eigenvalue weighted by Gasteiger charge is -2.32. The number of hydrogen-bond donors (Lipinski definition) is 1. The summed E-state index contributed by atoms with van der Waals surface area (Å²) in [5, 5.41) is 3.33. The number of pyridine rings is 2. The summed E-state index contributed by atoms with van der Waals surface area (Å²) in [4.78, 5) is 32.5. The van der Waals surface area contributed by atoms with Gasteiger partial charge in [0.05, 0.1) is 45.0 Å². The SMILES string of the molecule is COc1ccc(CNc2ncncc2[C@@H](C)N2CCOc3nc(-c4nc(N(Cc5ccc(OC)cc5)Cc5ccc(OC)cc5)c(F)c(C)c4C(F)(F)F)c(F)c4nc(OC[C@@]56CCCN5C[C@H](F)C6)nc2c34)cc1. The van der Waals surface area contributed by atoms with Gasteiger partial charge in [-0.3, -0.25) is 4.90 Å². The van der Waals surface area contributed by atoms with E-state index in [-0.39, 0.29) is 68.9 Å². The van der Waals surface area contributed by atoms with Crippen LogP contribution >= 0.6 is 0 Å². The molecule has 0 spiro atoms. The molecule has 392 valence electrons. The number of aromatic nitrogens is 6. The quantitative estimate of drug-likeness (QED) is 0.0863. The Morgan fingerprint density at radius 1 is 0.827 bits per heavy atom. The highest BCUT2D eigenvalue weighted by Gasteiger charge is 2.50. The second-order valence-corrected chi connectivity index (χ2v) is 18.9. The van der Waals surface area contributed by atoms with E-state index < -0.39 is 69.4 Å². The first kappa shape index (κ1) is 50.8. The number of hydrogen-bond acceptors (Lipinski definition) is 15. The van der Waals surface area contributed by atoms with Crippen molar-refractivity contribution in [2.75, 3.05) is 69.3 Å². The molecule has 2 fully saturated rings. The van der Waals surface area contributed by atoms with Crippen LogP contribution in [0.25, 0.3) is 22.3 Å². The van der Waals surface area contributed by atoms with Gasteiger partial charge in [0.1, 0.15) is 76.9 Å². The monoisotopic (exact) mass is 1040 g/mol. The van der Waals surface area contributed by atoms with Crippen molar-refractivity contribution in [1.29, 1.82) is 0 Å². The topological polar surface area (TPSA) is 145 Å². The Kier molecular flexibility index (Phi) is 14.2. The summed E-state index contributed by atoms with van der Waals surface area (Å²) in [6.07, 6.45) is -1.62. The number of methoxy groups -OCH3 is 3. The molecule has 0 unspecified atom stereocenters. The summed E-state index contributed by atoms with van der Waals surface area (Å²) < 4.78 is 125. The molecule has 0 aliphatic carbocycles. The first-order chi connectivity index (χ1) is 36.2. The van der Waals surface area contributed by atoms with E-state index in [4.69, 9.17) is 28.7 Å². The largest absolute Gasteiger partial charge is 0.497 e. The van der Waals surface area contributed by atoms with Crippen molar-refractivity contribution in [3.63, 3.8) is 0 Å². The molecule has 0 radical (unpaired) electrons. The van der Waals surface area contributed by atoms with Gasteiger partial charge in [-0.05, 0) is 86.3 Å². The number of alkyl halides is 4. The molecule has 75 heavy (non-hydrogen) atoms. The zero-order valence-electron chi connectivity index (χ0n) is 41.8. The third-order valence-corrected chi connectivity index (χ3v) is 14.3. The predicted molar refractivity (Wildman–Crippen MR) is 268 cm³/mol. The van der Waals surface area contributed by atoms with Gasteiger partial charge in [0.25, 0.3) is 0 Å². The summed E-state index contributed by atoms with van der Waals surface area (Å²) >= 11 is 0. The number of ether oxygens (including phenoxy) is 5. The Morgan fingerprint density at radius 2 is 1.47 bits per heavy atom. The van der Waals surface area contributed by atoms with Gasteiger partial charge in [-0.1, -0.05) is 36.4 Å². The lowest BCUT2D eigenvalue weighted by Crippen LogP contribution is -2.43. The second-order valence-electron chi connectivity index (χ2n) is 18.9. The summed E-state index contributed by atoms with van der Waals surface area (Å²) in [5.74, 6) is -0.966. The van der Waals surface area contributed by atoms with Crippen LogP contribution in [0.4, 0.5) is 43.8 Å². The molecule has 4 aromatic heterocycles. The minimum atomic E-state index is -5.25. The molecule has 21 heteroatoms. The molecule has 7 heterocycles. The lowest BCUT2D eigenvalue weighted by atomic mass is 9.95. The zero-order valence-corrected chi connectivity index (χ0v) is 41.8. The fraction of sp³-hybridized carbons (Fsp3) is 0.370. The van der Waals surface area contributed by atoms with E-state index >= 15 is 22.0 Å². The van der Waals surface area contributed by atoms with Crippen LogP contribution in [0.3, 0.4) is 0 Å². The highest BCUT2D eigenvalue weighted by atomic mass is 19.4. The van der Waals surface area contributed by atoms with E-state index in [9.17, 15) is 4.39 Å². The summed E-state index contributed by atoms with van der Waals surface area (Å²) in [6, 6.07) is 20.4. The van der Waals surface area contributed by atoms with E-state index in [0.29, 0.717) is 59.3 Å². The molecular weight excluding hydrogens is 983 g/mol. The summed E-state index contributed by atoms with van der Waals surface area (Å²) in [7, 11) is 4.61. The minimum absolute atomic E-state index is 0.0370. The predicted octanol–water partition coefficient (Wildman–Crippen LogP) is 10.2. The molecule has 0 amide bonds. The van der Waals surface area contributed by atoms with Crippen LogP contribution in [0.15, 0.2) is 85.3 Å². The molecule has 0 bridgehead atoms. The van der Waals surface area contributed by atoms with Crippen molar-refractivity contribution >= 4 is 28.4 Å². The number of fused-ring (bicyclic) bond motifs is 1. The maximum atomic E-state index is 18.1. The molecule has 3 atom stereocenters. The third kappa shape index (κ3) is 10.2. The standard InChI is InChI=1S/C54H54F6N10O5/c1-31-42(54(58,59)60)46(64-50(43(31)56)68(26-34-9-15-38(72-4)16-10-34)27-35-11-17-39(73-5)18-12-35)47-44(57)45-41-49(67-52(66-45)75-29-53-19-6-20-69(53)28-36(55)23-53)70(21-22-74-51(41)65-47)32(2)40-25-61-30-63-48(40)62-24-33-7-13-37(71-3)14-8-33/h7-18,25,30,32,36H,6,19-24,26-29H2,1-5H3,(H,61,62,63)/t32-,36-,53+/m1/s1. The second kappa shape index (κ2) is 20.9. The van der Waals surface area contributed by atoms with Gasteiger partial charge in [-0.2, -0.15) is 23.1 Å². The fourth-order valence-corrected chi connectivity index (χ4v) is 10.4. The van der Waals surface area contributed by atoms with E-state index in [1.807, 2.05) is 41.0 Å². The van der Waals surface area contributed by atoms with Crippen molar-refractivity contribution in [2.24, 2.45) is 0 Å². The van der Waals surface area contributed by atoms with Crippen LogP contribution in [-0.4, -0.2) is 101 Å². The molecule has 0 saturated carbocycles. The van der Waals surface area contributed by atoms with Crippen LogP contribution in [0, 0.1) is 18.6 Å². The van der Waals surface area contributed by atoms with E-state index in [2.05, 4.69) is 30.2 Å². The fourth-order valence-electron chi connectivity index (χ4n) is 10.4. The van der Waals surface area contributed by atoms with Crippen molar-refractivity contribution in [3.05, 3.63) is 130 Å². The Bertz CT molecular complexity index is 3140. The molecular formula is C54H54F6N10O5. The molecule has 3 aliphatic heterocycles. The van der Waals surface area contributed by atoms with Crippen molar-refractivity contribution in [3.8, 4) is 40.5 Å². The number of nitrogens with zero attached hydrogens (tertiary/aromatic N) is 9. The Labute approximate surface area is 428 Å². The van der Waals surface area contributed by atoms with Crippen LogP contribution in [-0.2, 0) is 25.8 Å². The van der Waals surface area contributed by atoms with Crippen molar-refractivity contribution in [2.45, 2.75) is 76.7 Å². The first-order valence-electron chi connectivity index (χ1n) is 24.4. The van der Waals surface area contributed by atoms with Crippen LogP contribution in [0.2, 0.25) is 0 Å². The van der Waals surface area contributed by atoms with Crippen molar-refractivity contribution in [1.82, 2.24) is 34.8 Å². The minimum Gasteiger partial charge on any atom is -0.497 e. The normalized spacial score (nSPS) is 17.8. The van der Waals surface area contributed by atoms with Gasteiger partial charge < -0.3 is 38.8 Å². The van der Waals surface area contributed by atoms with Crippen LogP contribution < -0.4 is 38.8 Å². The smallest absolute Gasteiger partial charge is 0.418 e. The molecule has 3 aliphatic rings. The number of anilines is 3. The van der Waals surface area contributed by atoms with Crippen molar-refractivity contribution < 1.29 is 50.0 Å². The number of nitrogens with one attached hydrogen (secondary N) is 1. The average molecular weight is 1040 g/mol. The maximum absolute atomic E-state index is 18.1.